The van der Waals surface area contributed by atoms with Gasteiger partial charge >= 0.3 is 0 Å². The van der Waals surface area contributed by atoms with Crippen LogP contribution in [0.5, 0.6) is 0 Å². The first-order chi connectivity index (χ1) is 15.0. The van der Waals surface area contributed by atoms with Gasteiger partial charge in [-0.3, -0.25) is 4.79 Å². The molecule has 0 bridgehead atoms. The van der Waals surface area contributed by atoms with Crippen LogP contribution in [0.4, 0.5) is 10.1 Å². The number of carbonyl (C=O) groups is 1. The molecule has 0 unspecified atom stereocenters. The molecular formula is C24H22ClFN4O. The molecule has 4 aromatic rings. The van der Waals surface area contributed by atoms with Crippen molar-refractivity contribution in [3.63, 3.8) is 0 Å². The van der Waals surface area contributed by atoms with E-state index >= 15 is 0 Å². The Morgan fingerprint density at radius 1 is 1.13 bits per heavy atom. The van der Waals surface area contributed by atoms with E-state index in [0.717, 1.165) is 33.8 Å². The van der Waals surface area contributed by atoms with Gasteiger partial charge in [0.15, 0.2) is 5.65 Å². The Morgan fingerprint density at radius 2 is 1.94 bits per heavy atom. The highest BCUT2D eigenvalue weighted by atomic mass is 35.5. The standard InChI is InChI=1S/C24H22ClFN4O/c1-16-19(25)5-2-6-20(16)29-23(31)9-3-8-22-28-21-7-4-14-27-24(21)30(22)15-17-10-12-18(26)13-11-17/h2,4-7,10-14H,3,8-9,15H2,1H3,(H,29,31). The molecule has 1 amide bonds. The predicted octanol–water partition coefficient (Wildman–Crippen LogP) is 5.54. The molecule has 2 aromatic heterocycles. The normalized spacial score (nSPS) is 11.1. The number of carbonyl (C=O) groups excluding carboxylic acids is 1. The lowest BCUT2D eigenvalue weighted by atomic mass is 10.1. The average Bonchev–Trinajstić information content (AvgIpc) is 3.10. The van der Waals surface area contributed by atoms with Gasteiger partial charge in [-0.2, -0.15) is 0 Å². The summed E-state index contributed by atoms with van der Waals surface area (Å²) in [6.45, 7) is 2.42. The van der Waals surface area contributed by atoms with Gasteiger partial charge in [0.2, 0.25) is 5.91 Å². The Bertz CT molecular complexity index is 1220. The Kier molecular flexibility index (Phi) is 6.28. The summed E-state index contributed by atoms with van der Waals surface area (Å²) in [5.74, 6) is 0.521. The van der Waals surface area contributed by atoms with Crippen molar-refractivity contribution in [2.24, 2.45) is 0 Å². The number of pyridine rings is 1. The van der Waals surface area contributed by atoms with Crippen molar-refractivity contribution in [3.8, 4) is 0 Å². The largest absolute Gasteiger partial charge is 0.326 e. The number of nitrogens with one attached hydrogen (secondary N) is 1. The summed E-state index contributed by atoms with van der Waals surface area (Å²) < 4.78 is 15.3. The second-order valence-electron chi connectivity index (χ2n) is 7.40. The van der Waals surface area contributed by atoms with Crippen LogP contribution in [0.2, 0.25) is 5.02 Å². The van der Waals surface area contributed by atoms with Crippen molar-refractivity contribution in [2.45, 2.75) is 32.7 Å². The number of fused-ring (bicyclic) bond motifs is 1. The van der Waals surface area contributed by atoms with Crippen LogP contribution in [0.15, 0.2) is 60.8 Å². The van der Waals surface area contributed by atoms with E-state index in [9.17, 15) is 9.18 Å². The second kappa shape index (κ2) is 9.27. The fourth-order valence-electron chi connectivity index (χ4n) is 3.50. The molecule has 5 nitrogen and oxygen atoms in total. The third-order valence-corrected chi connectivity index (χ3v) is 5.59. The van der Waals surface area contributed by atoms with E-state index in [2.05, 4.69) is 10.3 Å². The van der Waals surface area contributed by atoms with E-state index in [1.807, 2.05) is 35.8 Å². The monoisotopic (exact) mass is 436 g/mol. The molecule has 0 saturated heterocycles. The van der Waals surface area contributed by atoms with Crippen LogP contribution in [-0.4, -0.2) is 20.4 Å². The lowest BCUT2D eigenvalue weighted by molar-refractivity contribution is -0.116. The summed E-state index contributed by atoms with van der Waals surface area (Å²) in [7, 11) is 0. The van der Waals surface area contributed by atoms with Gasteiger partial charge < -0.3 is 9.88 Å². The van der Waals surface area contributed by atoms with E-state index in [-0.39, 0.29) is 11.7 Å². The highest BCUT2D eigenvalue weighted by molar-refractivity contribution is 6.31. The number of amides is 1. The maximum Gasteiger partial charge on any atom is 0.224 e. The fourth-order valence-corrected chi connectivity index (χ4v) is 3.67. The van der Waals surface area contributed by atoms with Crippen LogP contribution in [0.1, 0.15) is 29.8 Å². The molecule has 0 aliphatic carbocycles. The van der Waals surface area contributed by atoms with Crippen molar-refractivity contribution in [3.05, 3.63) is 88.6 Å². The number of anilines is 1. The Labute approximate surface area is 184 Å². The van der Waals surface area contributed by atoms with Crippen molar-refractivity contribution in [2.75, 3.05) is 5.32 Å². The van der Waals surface area contributed by atoms with E-state index in [1.165, 1.54) is 12.1 Å². The second-order valence-corrected chi connectivity index (χ2v) is 7.81. The molecule has 0 saturated carbocycles. The number of aromatic nitrogens is 3. The van der Waals surface area contributed by atoms with E-state index in [4.69, 9.17) is 16.6 Å². The predicted molar refractivity (Wildman–Crippen MR) is 121 cm³/mol. The molecule has 31 heavy (non-hydrogen) atoms. The molecule has 0 aliphatic rings. The summed E-state index contributed by atoms with van der Waals surface area (Å²) >= 11 is 6.12. The van der Waals surface area contributed by atoms with Crippen molar-refractivity contribution >= 4 is 34.4 Å². The molecule has 4 rings (SSSR count). The Morgan fingerprint density at radius 3 is 2.74 bits per heavy atom. The molecule has 2 aromatic carbocycles. The molecule has 0 fully saturated rings. The molecule has 158 valence electrons. The van der Waals surface area contributed by atoms with Gasteiger partial charge in [0.25, 0.3) is 0 Å². The minimum Gasteiger partial charge on any atom is -0.326 e. The van der Waals surface area contributed by atoms with E-state index in [0.29, 0.717) is 30.8 Å². The zero-order valence-corrected chi connectivity index (χ0v) is 17.9. The number of benzene rings is 2. The lowest BCUT2D eigenvalue weighted by Gasteiger charge is -2.10. The van der Waals surface area contributed by atoms with Crippen LogP contribution >= 0.6 is 11.6 Å². The number of hydrogen-bond acceptors (Lipinski definition) is 3. The summed E-state index contributed by atoms with van der Waals surface area (Å²) in [5.41, 5.74) is 4.12. The highest BCUT2D eigenvalue weighted by Gasteiger charge is 2.13. The maximum atomic E-state index is 13.3. The number of hydrogen-bond donors (Lipinski definition) is 1. The van der Waals surface area contributed by atoms with E-state index < -0.39 is 0 Å². The number of aryl methyl sites for hydroxylation is 1. The quantitative estimate of drug-likeness (QED) is 0.413. The molecule has 0 atom stereocenters. The zero-order chi connectivity index (χ0) is 21.8. The zero-order valence-electron chi connectivity index (χ0n) is 17.1. The maximum absolute atomic E-state index is 13.3. The third kappa shape index (κ3) is 4.91. The third-order valence-electron chi connectivity index (χ3n) is 5.18. The number of rotatable bonds is 7. The smallest absolute Gasteiger partial charge is 0.224 e. The van der Waals surface area contributed by atoms with Crippen LogP contribution < -0.4 is 5.32 Å². The van der Waals surface area contributed by atoms with E-state index in [1.54, 1.807) is 24.4 Å². The number of halogens is 2. The minimum absolute atomic E-state index is 0.0651. The van der Waals surface area contributed by atoms with Crippen LogP contribution in [-0.2, 0) is 17.8 Å². The van der Waals surface area contributed by atoms with Gasteiger partial charge in [-0.25, -0.2) is 14.4 Å². The molecule has 7 heteroatoms. The van der Waals surface area contributed by atoms with Crippen LogP contribution in [0.25, 0.3) is 11.2 Å². The van der Waals surface area contributed by atoms with Gasteiger partial charge in [-0.1, -0.05) is 29.8 Å². The highest BCUT2D eigenvalue weighted by Crippen LogP contribution is 2.23. The molecular weight excluding hydrogens is 415 g/mol. The first-order valence-electron chi connectivity index (χ1n) is 10.1. The summed E-state index contributed by atoms with van der Waals surface area (Å²) in [6.07, 6.45) is 3.35. The first-order valence-corrected chi connectivity index (χ1v) is 10.5. The lowest BCUT2D eigenvalue weighted by Crippen LogP contribution is -2.13. The summed E-state index contributed by atoms with van der Waals surface area (Å²) in [6, 6.07) is 15.6. The molecule has 2 heterocycles. The topological polar surface area (TPSA) is 59.8 Å². The fraction of sp³-hybridized carbons (Fsp3) is 0.208. The average molecular weight is 437 g/mol. The number of imidazole rings is 1. The van der Waals surface area contributed by atoms with Crippen LogP contribution in [0, 0.1) is 12.7 Å². The molecule has 0 radical (unpaired) electrons. The Hall–Kier alpha value is -3.25. The summed E-state index contributed by atoms with van der Waals surface area (Å²) in [5, 5.41) is 3.55. The van der Waals surface area contributed by atoms with Gasteiger partial charge in [-0.05, 0) is 60.9 Å². The number of nitrogens with zero attached hydrogens (tertiary/aromatic N) is 3. The molecule has 1 N–H and O–H groups in total. The SMILES string of the molecule is Cc1c(Cl)cccc1NC(=O)CCCc1nc2cccnc2n1Cc1ccc(F)cc1. The van der Waals surface area contributed by atoms with Gasteiger partial charge in [-0.15, -0.1) is 0 Å². The van der Waals surface area contributed by atoms with Crippen molar-refractivity contribution < 1.29 is 9.18 Å². The minimum atomic E-state index is -0.265. The Balaban J connectivity index is 1.46. The first kappa shape index (κ1) is 21.0. The molecule has 0 spiro atoms. The van der Waals surface area contributed by atoms with Gasteiger partial charge in [0, 0.05) is 29.7 Å². The van der Waals surface area contributed by atoms with Gasteiger partial charge in [0.05, 0.1) is 6.54 Å². The van der Waals surface area contributed by atoms with Crippen molar-refractivity contribution in [1.82, 2.24) is 14.5 Å². The van der Waals surface area contributed by atoms with Crippen molar-refractivity contribution in [1.29, 1.82) is 0 Å². The van der Waals surface area contributed by atoms with Gasteiger partial charge in [0.1, 0.15) is 17.2 Å². The summed E-state index contributed by atoms with van der Waals surface area (Å²) in [4.78, 5) is 21.6. The molecule has 0 aliphatic heterocycles. The van der Waals surface area contributed by atoms with Crippen LogP contribution in [0.3, 0.4) is 0 Å².